The lowest BCUT2D eigenvalue weighted by Crippen LogP contribution is -2.48. The zero-order chi connectivity index (χ0) is 20.4. The first-order chi connectivity index (χ1) is 14.1. The van der Waals surface area contributed by atoms with E-state index in [9.17, 15) is 10.5 Å². The molecule has 0 amide bonds. The molecule has 3 heterocycles. The van der Waals surface area contributed by atoms with Crippen LogP contribution in [0.3, 0.4) is 0 Å². The smallest absolute Gasteiger partial charge is 0.155 e. The Kier molecular flexibility index (Phi) is 5.17. The summed E-state index contributed by atoms with van der Waals surface area (Å²) >= 11 is 0. The van der Waals surface area contributed by atoms with Crippen LogP contribution in [0.15, 0.2) is 30.0 Å². The third-order valence-electron chi connectivity index (χ3n) is 6.27. The summed E-state index contributed by atoms with van der Waals surface area (Å²) in [5.74, 6) is 0.965. The van der Waals surface area contributed by atoms with Gasteiger partial charge in [-0.15, -0.1) is 0 Å². The number of hydrogen-bond acceptors (Lipinski definition) is 6. The van der Waals surface area contributed by atoms with Gasteiger partial charge in [-0.1, -0.05) is 6.07 Å². The lowest BCUT2D eigenvalue weighted by molar-refractivity contribution is 0.363. The van der Waals surface area contributed by atoms with Gasteiger partial charge in [0.1, 0.15) is 5.41 Å². The molecular formula is C22H27N7. The number of piperidine rings is 1. The fourth-order valence-corrected chi connectivity index (χ4v) is 4.69. The van der Waals surface area contributed by atoms with E-state index in [-0.39, 0.29) is 6.04 Å². The van der Waals surface area contributed by atoms with Crippen LogP contribution < -0.4 is 16.0 Å². The van der Waals surface area contributed by atoms with Gasteiger partial charge in [0.15, 0.2) is 5.82 Å². The lowest BCUT2D eigenvalue weighted by Gasteiger charge is -2.38. The maximum Gasteiger partial charge on any atom is 0.155 e. The second-order valence-electron chi connectivity index (χ2n) is 8.25. The first kappa shape index (κ1) is 19.3. The van der Waals surface area contributed by atoms with Crippen molar-refractivity contribution in [3.05, 3.63) is 35.5 Å². The molecule has 29 heavy (non-hydrogen) atoms. The summed E-state index contributed by atoms with van der Waals surface area (Å²) in [4.78, 5) is 0. The van der Waals surface area contributed by atoms with E-state index in [1.165, 1.54) is 0 Å². The Morgan fingerprint density at radius 2 is 2.07 bits per heavy atom. The molecule has 1 aromatic heterocycles. The molecule has 4 rings (SSSR count). The van der Waals surface area contributed by atoms with Crippen LogP contribution in [-0.2, 0) is 5.41 Å². The second-order valence-corrected chi connectivity index (χ2v) is 8.25. The molecule has 2 aliphatic heterocycles. The number of fused-ring (bicyclic) bond motifs is 1. The van der Waals surface area contributed by atoms with E-state index < -0.39 is 11.3 Å². The number of allylic oxidation sites excluding steroid dienone is 2. The number of H-pyrrole nitrogens is 1. The van der Waals surface area contributed by atoms with Crippen molar-refractivity contribution in [3.63, 3.8) is 0 Å². The predicted molar refractivity (Wildman–Crippen MR) is 113 cm³/mol. The third kappa shape index (κ3) is 3.43. The molecule has 7 heteroatoms. The summed E-state index contributed by atoms with van der Waals surface area (Å²) in [5, 5.41) is 38.7. The summed E-state index contributed by atoms with van der Waals surface area (Å²) in [5.41, 5.74) is 1.69. The van der Waals surface area contributed by atoms with Crippen molar-refractivity contribution < 1.29 is 0 Å². The van der Waals surface area contributed by atoms with E-state index in [0.29, 0.717) is 5.92 Å². The minimum Gasteiger partial charge on any atom is -0.385 e. The molecule has 7 nitrogen and oxygen atoms in total. The normalized spacial score (nSPS) is 27.5. The lowest BCUT2D eigenvalue weighted by atomic mass is 9.67. The van der Waals surface area contributed by atoms with Gasteiger partial charge in [0.05, 0.1) is 23.6 Å². The van der Waals surface area contributed by atoms with Gasteiger partial charge in [-0.2, -0.15) is 15.6 Å². The van der Waals surface area contributed by atoms with Crippen LogP contribution in [0, 0.1) is 34.5 Å². The number of hydrogen-bond donors (Lipinski definition) is 4. The summed E-state index contributed by atoms with van der Waals surface area (Å²) < 4.78 is 0. The SMILES string of the molecule is CC1=CC(C#N)(c2ccc3[nH]nc(NCC4CCNCC4)c3c2)C(C#N)C(C)N1. The predicted octanol–water partition coefficient (Wildman–Crippen LogP) is 2.77. The second kappa shape index (κ2) is 7.77. The Hall–Kier alpha value is -3.03. The van der Waals surface area contributed by atoms with Crippen molar-refractivity contribution in [2.75, 3.05) is 25.0 Å². The van der Waals surface area contributed by atoms with Gasteiger partial charge in [-0.05, 0) is 69.5 Å². The van der Waals surface area contributed by atoms with E-state index in [1.807, 2.05) is 38.1 Å². The standard InChI is InChI=1S/C22H27N7/c1-14-10-22(13-24,19(11-23)15(2)27-14)17-3-4-20-18(9-17)21(29-28-20)26-12-16-5-7-25-8-6-16/h3-4,9-10,15-16,19,25,27H,5-8,12H2,1-2H3,(H2,26,28,29). The largest absolute Gasteiger partial charge is 0.385 e. The van der Waals surface area contributed by atoms with Gasteiger partial charge >= 0.3 is 0 Å². The number of aromatic amines is 1. The molecule has 4 N–H and O–H groups in total. The van der Waals surface area contributed by atoms with E-state index in [2.05, 4.69) is 38.3 Å². The van der Waals surface area contributed by atoms with Crippen LogP contribution in [0.25, 0.3) is 10.9 Å². The summed E-state index contributed by atoms with van der Waals surface area (Å²) in [6.07, 6.45) is 4.22. The molecule has 0 spiro atoms. The minimum atomic E-state index is -0.985. The van der Waals surface area contributed by atoms with Crippen LogP contribution in [0.1, 0.15) is 32.3 Å². The Labute approximate surface area is 171 Å². The van der Waals surface area contributed by atoms with Gasteiger partial charge < -0.3 is 16.0 Å². The van der Waals surface area contributed by atoms with Crippen molar-refractivity contribution in [3.8, 4) is 12.1 Å². The van der Waals surface area contributed by atoms with Crippen LogP contribution in [0.5, 0.6) is 0 Å². The summed E-state index contributed by atoms with van der Waals surface area (Å²) in [7, 11) is 0. The van der Waals surface area contributed by atoms with Crippen LogP contribution in [-0.4, -0.2) is 35.9 Å². The topological polar surface area (TPSA) is 112 Å². The fraction of sp³-hybridized carbons (Fsp3) is 0.500. The van der Waals surface area contributed by atoms with Crippen molar-refractivity contribution in [1.82, 2.24) is 20.8 Å². The molecule has 1 aromatic carbocycles. The quantitative estimate of drug-likeness (QED) is 0.640. The van der Waals surface area contributed by atoms with E-state index in [4.69, 9.17) is 0 Å². The van der Waals surface area contributed by atoms with Crippen molar-refractivity contribution >= 4 is 16.7 Å². The highest BCUT2D eigenvalue weighted by Gasteiger charge is 2.45. The number of nitriles is 2. The average molecular weight is 390 g/mol. The number of anilines is 1. The minimum absolute atomic E-state index is 0.109. The van der Waals surface area contributed by atoms with Crippen LogP contribution in [0.2, 0.25) is 0 Å². The molecule has 3 unspecified atom stereocenters. The fourth-order valence-electron chi connectivity index (χ4n) is 4.69. The molecule has 0 aliphatic carbocycles. The molecule has 150 valence electrons. The van der Waals surface area contributed by atoms with E-state index >= 15 is 0 Å². The first-order valence-electron chi connectivity index (χ1n) is 10.3. The number of benzene rings is 1. The highest BCUT2D eigenvalue weighted by Crippen LogP contribution is 2.40. The molecule has 0 saturated carbocycles. The molecule has 3 atom stereocenters. The Bertz CT molecular complexity index is 1000. The highest BCUT2D eigenvalue weighted by molar-refractivity contribution is 5.90. The van der Waals surface area contributed by atoms with E-state index in [1.54, 1.807) is 0 Å². The van der Waals surface area contributed by atoms with Gasteiger partial charge in [0, 0.05) is 23.7 Å². The highest BCUT2D eigenvalue weighted by atomic mass is 15.2. The molecule has 1 saturated heterocycles. The van der Waals surface area contributed by atoms with E-state index in [0.717, 1.165) is 60.5 Å². The first-order valence-corrected chi connectivity index (χ1v) is 10.3. The maximum absolute atomic E-state index is 10.2. The van der Waals surface area contributed by atoms with Gasteiger partial charge in [-0.3, -0.25) is 5.10 Å². The zero-order valence-corrected chi connectivity index (χ0v) is 16.9. The van der Waals surface area contributed by atoms with Crippen LogP contribution in [0.4, 0.5) is 5.82 Å². The zero-order valence-electron chi connectivity index (χ0n) is 16.9. The number of aromatic nitrogens is 2. The summed E-state index contributed by atoms with van der Waals surface area (Å²) in [6.45, 7) is 6.92. The van der Waals surface area contributed by atoms with Crippen LogP contribution >= 0.6 is 0 Å². The van der Waals surface area contributed by atoms with Crippen molar-refractivity contribution in [1.29, 1.82) is 10.5 Å². The molecular weight excluding hydrogens is 362 g/mol. The summed E-state index contributed by atoms with van der Waals surface area (Å²) in [6, 6.07) is 10.6. The number of rotatable bonds is 4. The molecule has 2 aliphatic rings. The van der Waals surface area contributed by atoms with Crippen molar-refractivity contribution in [2.24, 2.45) is 11.8 Å². The molecule has 2 aromatic rings. The number of nitrogens with one attached hydrogen (secondary N) is 4. The van der Waals surface area contributed by atoms with Gasteiger partial charge in [-0.25, -0.2) is 0 Å². The number of nitrogens with zero attached hydrogens (tertiary/aromatic N) is 3. The molecule has 0 radical (unpaired) electrons. The maximum atomic E-state index is 10.2. The Balaban J connectivity index is 1.70. The molecule has 1 fully saturated rings. The average Bonchev–Trinajstić information content (AvgIpc) is 3.14. The van der Waals surface area contributed by atoms with Gasteiger partial charge in [0.25, 0.3) is 0 Å². The monoisotopic (exact) mass is 389 g/mol. The van der Waals surface area contributed by atoms with Crippen molar-refractivity contribution in [2.45, 2.75) is 38.1 Å². The Morgan fingerprint density at radius 1 is 1.28 bits per heavy atom. The Morgan fingerprint density at radius 3 is 2.79 bits per heavy atom. The third-order valence-corrected chi connectivity index (χ3v) is 6.27. The molecule has 0 bridgehead atoms. The van der Waals surface area contributed by atoms with Gasteiger partial charge in [0.2, 0.25) is 0 Å².